The van der Waals surface area contributed by atoms with Crippen LogP contribution in [-0.4, -0.2) is 28.1 Å². The molecule has 0 aliphatic carbocycles. The first kappa shape index (κ1) is 13.9. The molecule has 104 valence electrons. The lowest BCUT2D eigenvalue weighted by atomic mass is 10.2. The number of esters is 1. The highest BCUT2D eigenvalue weighted by molar-refractivity contribution is 5.95. The first-order chi connectivity index (χ1) is 9.61. The zero-order chi connectivity index (χ0) is 14.5. The van der Waals surface area contributed by atoms with Crippen LogP contribution in [0.1, 0.15) is 13.3 Å². The summed E-state index contributed by atoms with van der Waals surface area (Å²) in [7, 11) is 0. The lowest BCUT2D eigenvalue weighted by Crippen LogP contribution is -2.27. The molecule has 1 heterocycles. The molecule has 0 N–H and O–H groups in total. The summed E-state index contributed by atoms with van der Waals surface area (Å²) in [6.07, 6.45) is 1.17. The standard InChI is InChI=1S/C14H14N2O4/c1-2-20-13(18)7-11(17)9-16-14(19)12-6-4-3-5-10(12)8-15-16/h3-6,8H,2,7,9H2,1H3. The van der Waals surface area contributed by atoms with E-state index in [0.29, 0.717) is 10.8 Å². The van der Waals surface area contributed by atoms with E-state index in [9.17, 15) is 14.4 Å². The van der Waals surface area contributed by atoms with Crippen LogP contribution in [0.4, 0.5) is 0 Å². The van der Waals surface area contributed by atoms with E-state index in [-0.39, 0.29) is 25.1 Å². The molecule has 1 aromatic heterocycles. The Balaban J connectivity index is 2.18. The van der Waals surface area contributed by atoms with Gasteiger partial charge in [-0.3, -0.25) is 14.4 Å². The van der Waals surface area contributed by atoms with Gasteiger partial charge in [-0.05, 0) is 13.0 Å². The predicted octanol–water partition coefficient (Wildman–Crippen LogP) is 0.919. The van der Waals surface area contributed by atoms with Gasteiger partial charge < -0.3 is 4.74 Å². The van der Waals surface area contributed by atoms with Crippen molar-refractivity contribution in [3.05, 3.63) is 40.8 Å². The number of ketones is 1. The van der Waals surface area contributed by atoms with Crippen molar-refractivity contribution < 1.29 is 14.3 Å². The van der Waals surface area contributed by atoms with Crippen LogP contribution < -0.4 is 5.56 Å². The molecule has 1 aromatic carbocycles. The van der Waals surface area contributed by atoms with E-state index < -0.39 is 11.8 Å². The highest BCUT2D eigenvalue weighted by Crippen LogP contribution is 2.06. The second-order valence-electron chi connectivity index (χ2n) is 4.22. The zero-order valence-corrected chi connectivity index (χ0v) is 11.0. The zero-order valence-electron chi connectivity index (χ0n) is 11.0. The summed E-state index contributed by atoms with van der Waals surface area (Å²) in [5.41, 5.74) is -0.347. The Bertz CT molecular complexity index is 706. The van der Waals surface area contributed by atoms with E-state index in [1.165, 1.54) is 6.20 Å². The Hall–Kier alpha value is -2.50. The van der Waals surface area contributed by atoms with Crippen molar-refractivity contribution in [2.75, 3.05) is 6.61 Å². The maximum absolute atomic E-state index is 12.1. The average molecular weight is 274 g/mol. The van der Waals surface area contributed by atoms with E-state index in [2.05, 4.69) is 9.84 Å². The van der Waals surface area contributed by atoms with Gasteiger partial charge in [-0.2, -0.15) is 5.10 Å². The van der Waals surface area contributed by atoms with Crippen LogP contribution in [-0.2, 0) is 20.9 Å². The fourth-order valence-corrected chi connectivity index (χ4v) is 1.84. The quantitative estimate of drug-likeness (QED) is 0.598. The molecule has 0 atom stereocenters. The maximum Gasteiger partial charge on any atom is 0.313 e. The van der Waals surface area contributed by atoms with Crippen LogP contribution in [0.25, 0.3) is 10.8 Å². The molecule has 0 radical (unpaired) electrons. The molecule has 6 nitrogen and oxygen atoms in total. The number of Topliss-reactive ketones (excluding diaryl/α,β-unsaturated/α-hetero) is 1. The van der Waals surface area contributed by atoms with Gasteiger partial charge in [0.15, 0.2) is 5.78 Å². The number of carbonyl (C=O) groups is 2. The molecule has 2 aromatic rings. The lowest BCUT2D eigenvalue weighted by Gasteiger charge is -2.05. The number of hydrogen-bond acceptors (Lipinski definition) is 5. The molecule has 0 amide bonds. The van der Waals surface area contributed by atoms with Gasteiger partial charge in [0, 0.05) is 5.39 Å². The SMILES string of the molecule is CCOC(=O)CC(=O)Cn1ncc2ccccc2c1=O. The summed E-state index contributed by atoms with van der Waals surface area (Å²) in [4.78, 5) is 35.0. The number of benzene rings is 1. The molecule has 0 spiro atoms. The Morgan fingerprint density at radius 2 is 2.05 bits per heavy atom. The topological polar surface area (TPSA) is 78.3 Å². The number of nitrogens with zero attached hydrogens (tertiary/aromatic N) is 2. The minimum Gasteiger partial charge on any atom is -0.466 e. The highest BCUT2D eigenvalue weighted by atomic mass is 16.5. The second-order valence-corrected chi connectivity index (χ2v) is 4.22. The van der Waals surface area contributed by atoms with Gasteiger partial charge in [-0.25, -0.2) is 4.68 Å². The molecule has 20 heavy (non-hydrogen) atoms. The monoisotopic (exact) mass is 274 g/mol. The molecule has 0 fully saturated rings. The molecular weight excluding hydrogens is 260 g/mol. The summed E-state index contributed by atoms with van der Waals surface area (Å²) in [6.45, 7) is 1.65. The van der Waals surface area contributed by atoms with E-state index in [1.54, 1.807) is 31.2 Å². The summed E-state index contributed by atoms with van der Waals surface area (Å²) in [5, 5.41) is 5.14. The summed E-state index contributed by atoms with van der Waals surface area (Å²) in [6, 6.07) is 6.99. The number of fused-ring (bicyclic) bond motifs is 1. The lowest BCUT2D eigenvalue weighted by molar-refractivity contribution is -0.145. The highest BCUT2D eigenvalue weighted by Gasteiger charge is 2.13. The van der Waals surface area contributed by atoms with Crippen molar-refractivity contribution in [3.63, 3.8) is 0 Å². The molecule has 6 heteroatoms. The summed E-state index contributed by atoms with van der Waals surface area (Å²) < 4.78 is 5.74. The molecule has 0 aliphatic rings. The molecule has 2 rings (SSSR count). The number of ether oxygens (including phenoxy) is 1. The van der Waals surface area contributed by atoms with Crippen LogP contribution in [0.5, 0.6) is 0 Å². The van der Waals surface area contributed by atoms with E-state index in [1.807, 2.05) is 0 Å². The molecule has 0 saturated carbocycles. The normalized spacial score (nSPS) is 10.4. The Kier molecular flexibility index (Phi) is 4.24. The van der Waals surface area contributed by atoms with Crippen LogP contribution >= 0.6 is 0 Å². The summed E-state index contributed by atoms with van der Waals surface area (Å²) >= 11 is 0. The van der Waals surface area contributed by atoms with Gasteiger partial charge in [0.1, 0.15) is 13.0 Å². The minimum atomic E-state index is -0.591. The van der Waals surface area contributed by atoms with Crippen LogP contribution in [0.15, 0.2) is 35.3 Å². The largest absolute Gasteiger partial charge is 0.466 e. The third-order valence-electron chi connectivity index (χ3n) is 2.73. The number of aromatic nitrogens is 2. The van der Waals surface area contributed by atoms with Crippen LogP contribution in [0, 0.1) is 0 Å². The van der Waals surface area contributed by atoms with E-state index in [0.717, 1.165) is 4.68 Å². The minimum absolute atomic E-state index is 0.223. The van der Waals surface area contributed by atoms with Gasteiger partial charge in [0.05, 0.1) is 18.2 Å². The number of carbonyl (C=O) groups excluding carboxylic acids is 2. The fraction of sp³-hybridized carbons (Fsp3) is 0.286. The van der Waals surface area contributed by atoms with E-state index >= 15 is 0 Å². The molecule has 0 bridgehead atoms. The molecular formula is C14H14N2O4. The second kappa shape index (κ2) is 6.10. The molecule has 0 saturated heterocycles. The van der Waals surface area contributed by atoms with Gasteiger partial charge in [-0.1, -0.05) is 18.2 Å². The van der Waals surface area contributed by atoms with Crippen molar-refractivity contribution in [3.8, 4) is 0 Å². The van der Waals surface area contributed by atoms with Crippen LogP contribution in [0.2, 0.25) is 0 Å². The van der Waals surface area contributed by atoms with Gasteiger partial charge >= 0.3 is 5.97 Å². The fourth-order valence-electron chi connectivity index (χ4n) is 1.84. The summed E-state index contributed by atoms with van der Waals surface area (Å²) in [5.74, 6) is -1.00. The smallest absolute Gasteiger partial charge is 0.313 e. The van der Waals surface area contributed by atoms with Crippen molar-refractivity contribution >= 4 is 22.5 Å². The van der Waals surface area contributed by atoms with Crippen molar-refractivity contribution in [2.45, 2.75) is 19.9 Å². The predicted molar refractivity (Wildman–Crippen MR) is 72.3 cm³/mol. The number of hydrogen-bond donors (Lipinski definition) is 0. The number of rotatable bonds is 5. The van der Waals surface area contributed by atoms with Crippen molar-refractivity contribution in [1.82, 2.24) is 9.78 Å². The van der Waals surface area contributed by atoms with Crippen molar-refractivity contribution in [1.29, 1.82) is 0 Å². The first-order valence-corrected chi connectivity index (χ1v) is 6.24. The van der Waals surface area contributed by atoms with Crippen LogP contribution in [0.3, 0.4) is 0 Å². The molecule has 0 unspecified atom stereocenters. The van der Waals surface area contributed by atoms with E-state index in [4.69, 9.17) is 0 Å². The maximum atomic E-state index is 12.1. The van der Waals surface area contributed by atoms with Gasteiger partial charge in [0.25, 0.3) is 5.56 Å². The third-order valence-corrected chi connectivity index (χ3v) is 2.73. The molecule has 0 aliphatic heterocycles. The first-order valence-electron chi connectivity index (χ1n) is 6.24. The Morgan fingerprint density at radius 1 is 1.30 bits per heavy atom. The Labute approximate surface area is 115 Å². The van der Waals surface area contributed by atoms with Gasteiger partial charge in [-0.15, -0.1) is 0 Å². The van der Waals surface area contributed by atoms with Crippen molar-refractivity contribution in [2.24, 2.45) is 0 Å². The Morgan fingerprint density at radius 3 is 2.80 bits per heavy atom. The average Bonchev–Trinajstić information content (AvgIpc) is 2.42. The van der Waals surface area contributed by atoms with Gasteiger partial charge in [0.2, 0.25) is 0 Å². The third kappa shape index (κ3) is 3.09.